The number of fused-ring (bicyclic) bond motifs is 1. The topological polar surface area (TPSA) is 110 Å². The van der Waals surface area contributed by atoms with E-state index in [1.165, 1.54) is 18.2 Å². The molecule has 1 aliphatic heterocycles. The minimum atomic E-state index is -0.505. The molecule has 3 amide bonds. The summed E-state index contributed by atoms with van der Waals surface area (Å²) < 4.78 is 0. The zero-order valence-electron chi connectivity index (χ0n) is 15.8. The fourth-order valence-corrected chi connectivity index (χ4v) is 3.32. The summed E-state index contributed by atoms with van der Waals surface area (Å²) in [4.78, 5) is 49.0. The molecular formula is C22H15N3O5. The number of nitrogens with one attached hydrogen (secondary N) is 1. The van der Waals surface area contributed by atoms with Crippen molar-refractivity contribution in [1.82, 2.24) is 0 Å². The smallest absolute Gasteiger partial charge is 0.272 e. The highest BCUT2D eigenvalue weighted by Gasteiger charge is 2.36. The third-order valence-corrected chi connectivity index (χ3v) is 4.83. The first-order chi connectivity index (χ1) is 14.4. The number of nitro groups is 1. The first kappa shape index (κ1) is 19.0. The second kappa shape index (κ2) is 7.25. The van der Waals surface area contributed by atoms with Crippen LogP contribution in [-0.4, -0.2) is 22.6 Å². The lowest BCUT2D eigenvalue weighted by Crippen LogP contribution is -2.29. The molecule has 8 nitrogen and oxygen atoms in total. The molecule has 8 heteroatoms. The van der Waals surface area contributed by atoms with Crippen molar-refractivity contribution < 1.29 is 19.3 Å². The van der Waals surface area contributed by atoms with Crippen LogP contribution in [0.25, 0.3) is 0 Å². The van der Waals surface area contributed by atoms with E-state index in [0.29, 0.717) is 28.1 Å². The predicted octanol–water partition coefficient (Wildman–Crippen LogP) is 3.96. The van der Waals surface area contributed by atoms with E-state index in [0.717, 1.165) is 4.90 Å². The van der Waals surface area contributed by atoms with Gasteiger partial charge in [0.25, 0.3) is 23.4 Å². The van der Waals surface area contributed by atoms with Crippen LogP contribution in [0.15, 0.2) is 66.7 Å². The first-order valence-corrected chi connectivity index (χ1v) is 9.01. The Hall–Kier alpha value is -4.33. The summed E-state index contributed by atoms with van der Waals surface area (Å²) in [6, 6.07) is 17.0. The lowest BCUT2D eigenvalue weighted by Gasteiger charge is -2.14. The summed E-state index contributed by atoms with van der Waals surface area (Å²) in [5.74, 6) is -1.22. The molecule has 0 atom stereocenters. The van der Waals surface area contributed by atoms with Gasteiger partial charge in [-0.05, 0) is 55.5 Å². The van der Waals surface area contributed by atoms with Crippen molar-refractivity contribution in [1.29, 1.82) is 0 Å². The Labute approximate surface area is 170 Å². The highest BCUT2D eigenvalue weighted by atomic mass is 16.6. The van der Waals surface area contributed by atoms with Crippen LogP contribution in [0, 0.1) is 17.0 Å². The van der Waals surface area contributed by atoms with Crippen LogP contribution >= 0.6 is 0 Å². The molecule has 148 valence electrons. The number of carbonyl (C=O) groups excluding carboxylic acids is 3. The number of nitro benzene ring substituents is 1. The Morgan fingerprint density at radius 1 is 0.933 bits per heavy atom. The number of carbonyl (C=O) groups is 3. The van der Waals surface area contributed by atoms with Crippen molar-refractivity contribution in [3.05, 3.63) is 99.1 Å². The number of benzene rings is 3. The molecule has 3 aromatic rings. The summed E-state index contributed by atoms with van der Waals surface area (Å²) in [6.07, 6.45) is 0. The molecule has 0 saturated heterocycles. The van der Waals surface area contributed by atoms with E-state index in [1.54, 1.807) is 55.5 Å². The largest absolute Gasteiger partial charge is 0.322 e. The van der Waals surface area contributed by atoms with Crippen LogP contribution in [0.1, 0.15) is 36.6 Å². The molecule has 0 aliphatic carbocycles. The molecule has 0 fully saturated rings. The number of rotatable bonds is 4. The Bertz CT molecular complexity index is 1180. The molecule has 1 aliphatic rings. The van der Waals surface area contributed by atoms with Gasteiger partial charge < -0.3 is 5.32 Å². The molecule has 4 rings (SSSR count). The molecule has 0 radical (unpaired) electrons. The highest BCUT2D eigenvalue weighted by Crippen LogP contribution is 2.29. The van der Waals surface area contributed by atoms with Crippen LogP contribution in [0.4, 0.5) is 17.1 Å². The van der Waals surface area contributed by atoms with Crippen molar-refractivity contribution in [3.8, 4) is 0 Å². The van der Waals surface area contributed by atoms with Gasteiger partial charge in [-0.1, -0.05) is 12.1 Å². The third kappa shape index (κ3) is 3.20. The van der Waals surface area contributed by atoms with E-state index in [2.05, 4.69) is 5.32 Å². The average molecular weight is 401 g/mol. The van der Waals surface area contributed by atoms with Gasteiger partial charge in [0.1, 0.15) is 0 Å². The summed E-state index contributed by atoms with van der Waals surface area (Å²) in [5.41, 5.74) is 2.16. The van der Waals surface area contributed by atoms with Gasteiger partial charge in [-0.2, -0.15) is 0 Å². The molecule has 0 unspecified atom stereocenters. The van der Waals surface area contributed by atoms with Crippen LogP contribution in [0.5, 0.6) is 0 Å². The summed E-state index contributed by atoms with van der Waals surface area (Å²) >= 11 is 0. The fourth-order valence-electron chi connectivity index (χ4n) is 3.32. The molecular weight excluding hydrogens is 386 g/mol. The van der Waals surface area contributed by atoms with E-state index in [4.69, 9.17) is 0 Å². The van der Waals surface area contributed by atoms with Crippen LogP contribution in [-0.2, 0) is 0 Å². The summed E-state index contributed by atoms with van der Waals surface area (Å²) in [6.45, 7) is 1.56. The average Bonchev–Trinajstić information content (AvgIpc) is 2.99. The van der Waals surface area contributed by atoms with Crippen LogP contribution in [0.3, 0.4) is 0 Å². The van der Waals surface area contributed by atoms with Crippen molar-refractivity contribution in [2.45, 2.75) is 6.92 Å². The normalized spacial score (nSPS) is 12.6. The summed E-state index contributed by atoms with van der Waals surface area (Å²) in [7, 11) is 0. The van der Waals surface area contributed by atoms with Gasteiger partial charge in [0, 0.05) is 22.9 Å². The van der Waals surface area contributed by atoms with Crippen molar-refractivity contribution in [2.75, 3.05) is 10.2 Å². The molecule has 1 heterocycles. The zero-order valence-corrected chi connectivity index (χ0v) is 15.8. The number of hydrogen-bond acceptors (Lipinski definition) is 5. The Morgan fingerprint density at radius 3 is 2.07 bits per heavy atom. The van der Waals surface area contributed by atoms with E-state index in [1.807, 2.05) is 0 Å². The maximum Gasteiger partial charge on any atom is 0.272 e. The quantitative estimate of drug-likeness (QED) is 0.404. The molecule has 0 saturated carbocycles. The second-order valence-corrected chi connectivity index (χ2v) is 6.75. The van der Waals surface area contributed by atoms with Gasteiger partial charge >= 0.3 is 0 Å². The number of anilines is 2. The van der Waals surface area contributed by atoms with Crippen LogP contribution in [0.2, 0.25) is 0 Å². The zero-order chi connectivity index (χ0) is 21.4. The number of imide groups is 1. The van der Waals surface area contributed by atoms with Crippen molar-refractivity contribution >= 4 is 34.8 Å². The third-order valence-electron chi connectivity index (χ3n) is 4.83. The lowest BCUT2D eigenvalue weighted by molar-refractivity contribution is -0.385. The Morgan fingerprint density at radius 2 is 1.53 bits per heavy atom. The van der Waals surface area contributed by atoms with E-state index >= 15 is 0 Å². The van der Waals surface area contributed by atoms with Gasteiger partial charge in [0.2, 0.25) is 0 Å². The first-order valence-electron chi connectivity index (χ1n) is 9.01. The maximum absolute atomic E-state index is 12.6. The summed E-state index contributed by atoms with van der Waals surface area (Å²) in [5, 5.41) is 13.6. The fraction of sp³-hybridized carbons (Fsp3) is 0.0455. The molecule has 30 heavy (non-hydrogen) atoms. The van der Waals surface area contributed by atoms with E-state index in [-0.39, 0.29) is 11.3 Å². The molecule has 0 aromatic heterocycles. The molecule has 3 aromatic carbocycles. The lowest BCUT2D eigenvalue weighted by atomic mass is 10.1. The minimum Gasteiger partial charge on any atom is -0.322 e. The van der Waals surface area contributed by atoms with E-state index < -0.39 is 22.6 Å². The standard InChI is InChI=1S/C22H15N3O5/c1-13-12-14(6-11-19(13)25(29)30)20(26)23-15-7-9-16(10-8-15)24-21(27)17-4-2-3-5-18(17)22(24)28/h2-12H,1H3,(H,23,26). The van der Waals surface area contributed by atoms with Gasteiger partial charge in [-0.15, -0.1) is 0 Å². The SMILES string of the molecule is Cc1cc(C(=O)Nc2ccc(N3C(=O)c4ccccc4C3=O)cc2)ccc1[N+](=O)[O-]. The van der Waals surface area contributed by atoms with Crippen molar-refractivity contribution in [3.63, 3.8) is 0 Å². The molecule has 0 bridgehead atoms. The van der Waals surface area contributed by atoms with Crippen molar-refractivity contribution in [2.24, 2.45) is 0 Å². The van der Waals surface area contributed by atoms with Gasteiger partial charge in [0.05, 0.1) is 21.7 Å². The van der Waals surface area contributed by atoms with Gasteiger partial charge in [-0.3, -0.25) is 24.5 Å². The Balaban J connectivity index is 1.52. The Kier molecular flexibility index (Phi) is 4.59. The van der Waals surface area contributed by atoms with Gasteiger partial charge in [-0.25, -0.2) is 4.90 Å². The number of hydrogen-bond donors (Lipinski definition) is 1. The highest BCUT2D eigenvalue weighted by molar-refractivity contribution is 6.34. The predicted molar refractivity (Wildman–Crippen MR) is 110 cm³/mol. The van der Waals surface area contributed by atoms with Gasteiger partial charge in [0.15, 0.2) is 0 Å². The number of aryl methyl sites for hydroxylation is 1. The van der Waals surface area contributed by atoms with E-state index in [9.17, 15) is 24.5 Å². The number of amides is 3. The minimum absolute atomic E-state index is 0.0585. The number of nitrogens with zero attached hydrogens (tertiary/aromatic N) is 2. The molecule has 1 N–H and O–H groups in total. The molecule has 0 spiro atoms. The van der Waals surface area contributed by atoms with Crippen LogP contribution < -0.4 is 10.2 Å². The maximum atomic E-state index is 12.6. The second-order valence-electron chi connectivity index (χ2n) is 6.75. The monoisotopic (exact) mass is 401 g/mol.